The molecular formula is C20H21N3O3. The zero-order chi connectivity index (χ0) is 18.8. The molecule has 2 aromatic rings. The molecule has 1 fully saturated rings. The van der Waals surface area contributed by atoms with Crippen molar-refractivity contribution in [3.8, 4) is 6.07 Å². The SMILES string of the molecule is Cc1cc(C(=O)O[C@H](C)C(=O)Nc2ccccc2C#N)c(C)n1C1CC1. The minimum Gasteiger partial charge on any atom is -0.449 e. The number of aryl methyl sites for hydroxylation is 1. The first-order valence-electron chi connectivity index (χ1n) is 8.61. The number of carbonyl (C=O) groups is 2. The Balaban J connectivity index is 1.68. The molecule has 1 N–H and O–H groups in total. The lowest BCUT2D eigenvalue weighted by molar-refractivity contribution is -0.123. The van der Waals surface area contributed by atoms with E-state index in [1.54, 1.807) is 24.3 Å². The second-order valence-electron chi connectivity index (χ2n) is 6.58. The summed E-state index contributed by atoms with van der Waals surface area (Å²) >= 11 is 0. The molecule has 0 aliphatic heterocycles. The predicted molar refractivity (Wildman–Crippen MR) is 96.8 cm³/mol. The summed E-state index contributed by atoms with van der Waals surface area (Å²) < 4.78 is 7.50. The lowest BCUT2D eigenvalue weighted by atomic mass is 10.2. The Bertz CT molecular complexity index is 904. The number of nitrogens with zero attached hydrogens (tertiary/aromatic N) is 2. The highest BCUT2D eigenvalue weighted by Crippen LogP contribution is 2.38. The summed E-state index contributed by atoms with van der Waals surface area (Å²) in [6.07, 6.45) is 1.28. The number of para-hydroxylation sites is 1. The molecule has 1 aliphatic rings. The van der Waals surface area contributed by atoms with Gasteiger partial charge in [0.05, 0.1) is 16.8 Å². The Hall–Kier alpha value is -3.07. The van der Waals surface area contributed by atoms with Crippen LogP contribution in [0.4, 0.5) is 5.69 Å². The molecule has 1 aromatic carbocycles. The smallest absolute Gasteiger partial charge is 0.340 e. The van der Waals surface area contributed by atoms with E-state index in [4.69, 9.17) is 10.00 Å². The van der Waals surface area contributed by atoms with E-state index in [9.17, 15) is 9.59 Å². The minimum absolute atomic E-state index is 0.354. The van der Waals surface area contributed by atoms with Crippen molar-refractivity contribution in [1.82, 2.24) is 4.57 Å². The van der Waals surface area contributed by atoms with E-state index in [1.165, 1.54) is 6.92 Å². The van der Waals surface area contributed by atoms with Gasteiger partial charge in [-0.25, -0.2) is 4.79 Å². The Morgan fingerprint density at radius 2 is 2.00 bits per heavy atom. The van der Waals surface area contributed by atoms with Gasteiger partial charge in [-0.15, -0.1) is 0 Å². The minimum atomic E-state index is -0.974. The number of benzene rings is 1. The number of nitrogens with one attached hydrogen (secondary N) is 1. The van der Waals surface area contributed by atoms with Gasteiger partial charge in [0.25, 0.3) is 5.91 Å². The third-order valence-corrected chi connectivity index (χ3v) is 4.57. The highest BCUT2D eigenvalue weighted by atomic mass is 16.5. The van der Waals surface area contributed by atoms with Crippen LogP contribution in [0.1, 0.15) is 53.1 Å². The van der Waals surface area contributed by atoms with Crippen LogP contribution in [0.15, 0.2) is 30.3 Å². The largest absolute Gasteiger partial charge is 0.449 e. The van der Waals surface area contributed by atoms with Gasteiger partial charge < -0.3 is 14.6 Å². The van der Waals surface area contributed by atoms with Crippen molar-refractivity contribution in [2.75, 3.05) is 5.32 Å². The Kier molecular flexibility index (Phi) is 4.81. The van der Waals surface area contributed by atoms with Gasteiger partial charge in [-0.2, -0.15) is 5.26 Å². The third-order valence-electron chi connectivity index (χ3n) is 4.57. The van der Waals surface area contributed by atoms with E-state index >= 15 is 0 Å². The number of carbonyl (C=O) groups excluding carboxylic acids is 2. The molecule has 3 rings (SSSR count). The number of hydrogen-bond acceptors (Lipinski definition) is 4. The van der Waals surface area contributed by atoms with Crippen molar-refractivity contribution >= 4 is 17.6 Å². The van der Waals surface area contributed by atoms with Crippen LogP contribution < -0.4 is 5.32 Å². The van der Waals surface area contributed by atoms with Gasteiger partial charge in [0.15, 0.2) is 6.10 Å². The standard InChI is InChI=1S/C20H21N3O3/c1-12-10-17(13(2)23(12)16-8-9-16)20(25)26-14(3)19(24)22-18-7-5-4-6-15(18)11-21/h4-7,10,14,16H,8-9H2,1-3H3,(H,22,24)/t14-/m1/s1. The van der Waals surface area contributed by atoms with Gasteiger partial charge in [0.1, 0.15) is 6.07 Å². The van der Waals surface area contributed by atoms with Crippen LogP contribution in [0.2, 0.25) is 0 Å². The average Bonchev–Trinajstić information content (AvgIpc) is 3.40. The molecule has 0 bridgehead atoms. The molecule has 1 amide bonds. The first-order valence-corrected chi connectivity index (χ1v) is 8.61. The number of hydrogen-bond donors (Lipinski definition) is 1. The summed E-state index contributed by atoms with van der Waals surface area (Å²) in [5.74, 6) is -0.988. The third kappa shape index (κ3) is 3.47. The molecule has 0 radical (unpaired) electrons. The first kappa shape index (κ1) is 17.7. The maximum atomic E-state index is 12.5. The van der Waals surface area contributed by atoms with Gasteiger partial charge in [-0.1, -0.05) is 12.1 Å². The number of aromatic nitrogens is 1. The highest BCUT2D eigenvalue weighted by molar-refractivity contribution is 5.98. The van der Waals surface area contributed by atoms with Crippen molar-refractivity contribution in [2.45, 2.75) is 45.8 Å². The van der Waals surface area contributed by atoms with Crippen molar-refractivity contribution in [2.24, 2.45) is 0 Å². The van der Waals surface area contributed by atoms with Crippen LogP contribution in [0.5, 0.6) is 0 Å². The molecule has 26 heavy (non-hydrogen) atoms. The van der Waals surface area contributed by atoms with Gasteiger partial charge in [0.2, 0.25) is 0 Å². The average molecular weight is 351 g/mol. The van der Waals surface area contributed by atoms with Crippen LogP contribution in [0.25, 0.3) is 0 Å². The molecule has 1 atom stereocenters. The molecular weight excluding hydrogens is 330 g/mol. The fourth-order valence-corrected chi connectivity index (χ4v) is 3.08. The second-order valence-corrected chi connectivity index (χ2v) is 6.58. The number of anilines is 1. The van der Waals surface area contributed by atoms with Crippen molar-refractivity contribution in [1.29, 1.82) is 5.26 Å². The monoisotopic (exact) mass is 351 g/mol. The van der Waals surface area contributed by atoms with Gasteiger partial charge in [0, 0.05) is 17.4 Å². The van der Waals surface area contributed by atoms with E-state index in [0.29, 0.717) is 22.9 Å². The number of rotatable bonds is 5. The zero-order valence-corrected chi connectivity index (χ0v) is 15.1. The fourth-order valence-electron chi connectivity index (χ4n) is 3.08. The van der Waals surface area contributed by atoms with E-state index < -0.39 is 18.0 Å². The van der Waals surface area contributed by atoms with Crippen LogP contribution in [0.3, 0.4) is 0 Å². The van der Waals surface area contributed by atoms with Crippen LogP contribution >= 0.6 is 0 Å². The van der Waals surface area contributed by atoms with Crippen LogP contribution in [-0.4, -0.2) is 22.5 Å². The molecule has 1 heterocycles. The Labute approximate surface area is 152 Å². The summed E-state index contributed by atoms with van der Waals surface area (Å²) in [6, 6.07) is 11.0. The molecule has 0 saturated heterocycles. The zero-order valence-electron chi connectivity index (χ0n) is 15.1. The van der Waals surface area contributed by atoms with Crippen molar-refractivity contribution in [3.63, 3.8) is 0 Å². The fraction of sp³-hybridized carbons (Fsp3) is 0.350. The van der Waals surface area contributed by atoms with Gasteiger partial charge in [-0.05, 0) is 51.8 Å². The number of amides is 1. The number of nitriles is 1. The summed E-state index contributed by atoms with van der Waals surface area (Å²) in [5.41, 5.74) is 3.14. The van der Waals surface area contributed by atoms with Crippen molar-refractivity contribution < 1.29 is 14.3 Å². The van der Waals surface area contributed by atoms with Crippen LogP contribution in [-0.2, 0) is 9.53 Å². The first-order chi connectivity index (χ1) is 12.4. The maximum absolute atomic E-state index is 12.5. The number of esters is 1. The number of ether oxygens (including phenoxy) is 1. The van der Waals surface area contributed by atoms with Gasteiger partial charge in [-0.3, -0.25) is 4.79 Å². The van der Waals surface area contributed by atoms with E-state index in [1.807, 2.05) is 26.0 Å². The molecule has 1 aromatic heterocycles. The van der Waals surface area contributed by atoms with E-state index in [2.05, 4.69) is 9.88 Å². The quantitative estimate of drug-likeness (QED) is 0.836. The van der Waals surface area contributed by atoms with E-state index in [-0.39, 0.29) is 0 Å². The molecule has 6 heteroatoms. The summed E-state index contributed by atoms with van der Waals surface area (Å²) in [6.45, 7) is 5.38. The Morgan fingerprint density at radius 1 is 1.31 bits per heavy atom. The second kappa shape index (κ2) is 7.04. The lowest BCUT2D eigenvalue weighted by Crippen LogP contribution is -2.30. The summed E-state index contributed by atoms with van der Waals surface area (Å²) in [7, 11) is 0. The molecule has 1 saturated carbocycles. The normalized spacial score (nSPS) is 14.4. The van der Waals surface area contributed by atoms with E-state index in [0.717, 1.165) is 24.2 Å². The Morgan fingerprint density at radius 3 is 2.65 bits per heavy atom. The molecule has 134 valence electrons. The molecule has 0 spiro atoms. The highest BCUT2D eigenvalue weighted by Gasteiger charge is 2.29. The molecule has 1 aliphatic carbocycles. The molecule has 0 unspecified atom stereocenters. The molecule has 6 nitrogen and oxygen atoms in total. The topological polar surface area (TPSA) is 84.1 Å². The summed E-state index contributed by atoms with van der Waals surface area (Å²) in [4.78, 5) is 24.8. The maximum Gasteiger partial charge on any atom is 0.340 e. The van der Waals surface area contributed by atoms with Crippen LogP contribution in [0, 0.1) is 25.2 Å². The predicted octanol–water partition coefficient (Wildman–Crippen LogP) is 3.50. The van der Waals surface area contributed by atoms with Crippen molar-refractivity contribution in [3.05, 3.63) is 52.8 Å². The van der Waals surface area contributed by atoms with Gasteiger partial charge >= 0.3 is 5.97 Å². The lowest BCUT2D eigenvalue weighted by Gasteiger charge is -2.14. The summed E-state index contributed by atoms with van der Waals surface area (Å²) in [5, 5.41) is 11.7.